The number of fused-ring (bicyclic) bond motifs is 1. The van der Waals surface area contributed by atoms with Crippen molar-refractivity contribution in [1.82, 2.24) is 0 Å². The molecule has 0 fully saturated rings. The minimum absolute atomic E-state index is 0.0538. The molecule has 0 amide bonds. The van der Waals surface area contributed by atoms with Gasteiger partial charge >= 0.3 is 0 Å². The molecule has 4 aromatic carbocycles. The van der Waals surface area contributed by atoms with Gasteiger partial charge in [0.05, 0.1) is 12.2 Å². The predicted molar refractivity (Wildman–Crippen MR) is 119 cm³/mol. The number of rotatable bonds is 2. The second kappa shape index (κ2) is 9.61. The Balaban J connectivity index is 1.55. The van der Waals surface area contributed by atoms with Gasteiger partial charge < -0.3 is 4.74 Å². The highest BCUT2D eigenvalue weighted by molar-refractivity contribution is 5.84. The molecule has 0 spiro atoms. The minimum atomic E-state index is -1.52. The van der Waals surface area contributed by atoms with E-state index in [1.165, 1.54) is 30.3 Å². The van der Waals surface area contributed by atoms with Gasteiger partial charge in [-0.15, -0.1) is 0 Å². The van der Waals surface area contributed by atoms with E-state index in [1.54, 1.807) is 13.2 Å². The molecule has 0 aliphatic carbocycles. The topological polar surface area (TPSA) is 9.23 Å². The van der Waals surface area contributed by atoms with Gasteiger partial charge in [-0.25, -0.2) is 17.6 Å². The number of benzene rings is 4. The largest absolute Gasteiger partial charge is 0.380 e. The van der Waals surface area contributed by atoms with Crippen LogP contribution in [0.15, 0.2) is 66.7 Å². The molecular formula is C28H16F4O. The van der Waals surface area contributed by atoms with Crippen molar-refractivity contribution in [3.05, 3.63) is 118 Å². The standard InChI is InChI=1S/C28H16F4O/c1-33-17-21-6-3-18(4-7-21)2-5-20-9-12-22(25(29)15-20)11-8-19-10-13-24-23(14-19)16-26(30)28(32)27(24)31/h3-4,6-7,9-10,12-16H,17H2,1H3. The maximum Gasteiger partial charge on any atom is 0.195 e. The Morgan fingerprint density at radius 3 is 2.00 bits per heavy atom. The molecule has 0 saturated carbocycles. The molecule has 0 atom stereocenters. The number of hydrogen-bond acceptors (Lipinski definition) is 1. The zero-order chi connectivity index (χ0) is 23.4. The molecule has 0 aliphatic rings. The summed E-state index contributed by atoms with van der Waals surface area (Å²) in [6, 6.07) is 17.1. The van der Waals surface area contributed by atoms with Crippen LogP contribution < -0.4 is 0 Å². The highest BCUT2D eigenvalue weighted by atomic mass is 19.2. The first kappa shape index (κ1) is 22.1. The van der Waals surface area contributed by atoms with Gasteiger partial charge in [0.25, 0.3) is 0 Å². The third-order valence-electron chi connectivity index (χ3n) is 4.90. The smallest absolute Gasteiger partial charge is 0.195 e. The van der Waals surface area contributed by atoms with Gasteiger partial charge in [0.15, 0.2) is 17.5 Å². The second-order valence-electron chi connectivity index (χ2n) is 7.25. The maximum absolute atomic E-state index is 14.5. The van der Waals surface area contributed by atoms with E-state index in [1.807, 2.05) is 24.3 Å². The second-order valence-corrected chi connectivity index (χ2v) is 7.25. The Morgan fingerprint density at radius 1 is 0.636 bits per heavy atom. The van der Waals surface area contributed by atoms with Crippen molar-refractivity contribution in [2.45, 2.75) is 6.61 Å². The molecule has 0 radical (unpaired) electrons. The van der Waals surface area contributed by atoms with Gasteiger partial charge in [-0.2, -0.15) is 0 Å². The molecule has 0 N–H and O–H groups in total. The van der Waals surface area contributed by atoms with Crippen molar-refractivity contribution in [2.24, 2.45) is 0 Å². The lowest BCUT2D eigenvalue weighted by Gasteiger charge is -2.02. The maximum atomic E-state index is 14.5. The average Bonchev–Trinajstić information content (AvgIpc) is 2.81. The lowest BCUT2D eigenvalue weighted by atomic mass is 10.1. The van der Waals surface area contributed by atoms with Gasteiger partial charge in [-0.1, -0.05) is 41.9 Å². The Labute approximate surface area is 188 Å². The van der Waals surface area contributed by atoms with E-state index in [9.17, 15) is 17.6 Å². The van der Waals surface area contributed by atoms with Crippen LogP contribution in [0.3, 0.4) is 0 Å². The molecule has 5 heteroatoms. The summed E-state index contributed by atoms with van der Waals surface area (Å²) in [6.45, 7) is 0.521. The zero-order valence-corrected chi connectivity index (χ0v) is 17.5. The summed E-state index contributed by atoms with van der Waals surface area (Å²) in [7, 11) is 1.63. The highest BCUT2D eigenvalue weighted by Gasteiger charge is 2.13. The van der Waals surface area contributed by atoms with Crippen LogP contribution in [-0.4, -0.2) is 7.11 Å². The van der Waals surface area contributed by atoms with Crippen molar-refractivity contribution >= 4 is 10.8 Å². The first-order chi connectivity index (χ1) is 15.9. The first-order valence-electron chi connectivity index (χ1n) is 9.93. The van der Waals surface area contributed by atoms with Crippen molar-refractivity contribution < 1.29 is 22.3 Å². The van der Waals surface area contributed by atoms with Crippen LogP contribution in [0.4, 0.5) is 17.6 Å². The monoisotopic (exact) mass is 444 g/mol. The van der Waals surface area contributed by atoms with Gasteiger partial charge in [-0.05, 0) is 59.5 Å². The molecule has 33 heavy (non-hydrogen) atoms. The predicted octanol–water partition coefficient (Wildman–Crippen LogP) is 6.34. The molecule has 4 aromatic rings. The van der Waals surface area contributed by atoms with Gasteiger partial charge in [-0.3, -0.25) is 0 Å². The van der Waals surface area contributed by atoms with Crippen LogP contribution in [0.5, 0.6) is 0 Å². The SMILES string of the molecule is COCc1ccc(C#Cc2ccc(C#Cc3ccc4c(F)c(F)c(F)cc4c3)c(F)c2)cc1. The van der Waals surface area contributed by atoms with E-state index in [0.29, 0.717) is 17.7 Å². The highest BCUT2D eigenvalue weighted by Crippen LogP contribution is 2.24. The number of halogens is 4. The molecular weight excluding hydrogens is 428 g/mol. The number of methoxy groups -OCH3 is 1. The average molecular weight is 444 g/mol. The molecule has 0 heterocycles. The lowest BCUT2D eigenvalue weighted by molar-refractivity contribution is 0.185. The summed E-state index contributed by atoms with van der Waals surface area (Å²) < 4.78 is 60.3. The Morgan fingerprint density at radius 2 is 1.27 bits per heavy atom. The van der Waals surface area contributed by atoms with Crippen LogP contribution in [0.1, 0.15) is 27.8 Å². The van der Waals surface area contributed by atoms with Crippen LogP contribution in [0, 0.1) is 47.0 Å². The molecule has 162 valence electrons. The fourth-order valence-electron chi connectivity index (χ4n) is 3.21. The van der Waals surface area contributed by atoms with E-state index >= 15 is 0 Å². The van der Waals surface area contributed by atoms with Crippen molar-refractivity contribution in [1.29, 1.82) is 0 Å². The molecule has 0 unspecified atom stereocenters. The molecule has 0 saturated heterocycles. The third-order valence-corrected chi connectivity index (χ3v) is 4.90. The summed E-state index contributed by atoms with van der Waals surface area (Å²) in [6.07, 6.45) is 0. The Hall–Kier alpha value is -4.06. The van der Waals surface area contributed by atoms with Crippen LogP contribution >= 0.6 is 0 Å². The molecule has 1 nitrogen and oxygen atoms in total. The van der Waals surface area contributed by atoms with Crippen LogP contribution in [-0.2, 0) is 11.3 Å². The summed E-state index contributed by atoms with van der Waals surface area (Å²) in [4.78, 5) is 0. The van der Waals surface area contributed by atoms with E-state index < -0.39 is 23.3 Å². The van der Waals surface area contributed by atoms with Gasteiger partial charge in [0.1, 0.15) is 5.82 Å². The van der Waals surface area contributed by atoms with E-state index in [-0.39, 0.29) is 16.3 Å². The minimum Gasteiger partial charge on any atom is -0.380 e. The number of ether oxygens (including phenoxy) is 1. The molecule has 0 aliphatic heterocycles. The van der Waals surface area contributed by atoms with E-state index in [2.05, 4.69) is 23.7 Å². The third kappa shape index (κ3) is 5.06. The van der Waals surface area contributed by atoms with Crippen LogP contribution in [0.25, 0.3) is 10.8 Å². The van der Waals surface area contributed by atoms with Gasteiger partial charge in [0, 0.05) is 29.2 Å². The zero-order valence-electron chi connectivity index (χ0n) is 17.5. The fraction of sp³-hybridized carbons (Fsp3) is 0.0714. The van der Waals surface area contributed by atoms with Crippen molar-refractivity contribution in [3.63, 3.8) is 0 Å². The Kier molecular flexibility index (Phi) is 6.45. The molecule has 4 rings (SSSR count). The molecule has 0 aromatic heterocycles. The number of hydrogen-bond donors (Lipinski definition) is 0. The molecule has 0 bridgehead atoms. The quantitative estimate of drug-likeness (QED) is 0.199. The summed E-state index contributed by atoms with van der Waals surface area (Å²) in [5.74, 6) is 6.79. The fourth-order valence-corrected chi connectivity index (χ4v) is 3.21. The van der Waals surface area contributed by atoms with Crippen molar-refractivity contribution in [3.8, 4) is 23.7 Å². The Bertz CT molecular complexity index is 1470. The summed E-state index contributed by atoms with van der Waals surface area (Å²) >= 11 is 0. The first-order valence-corrected chi connectivity index (χ1v) is 9.93. The van der Waals surface area contributed by atoms with Gasteiger partial charge in [0.2, 0.25) is 0 Å². The van der Waals surface area contributed by atoms with E-state index in [0.717, 1.165) is 17.2 Å². The lowest BCUT2D eigenvalue weighted by Crippen LogP contribution is -1.92. The van der Waals surface area contributed by atoms with Crippen LogP contribution in [0.2, 0.25) is 0 Å². The summed E-state index contributed by atoms with van der Waals surface area (Å²) in [5, 5.41) is 0.112. The van der Waals surface area contributed by atoms with Crippen molar-refractivity contribution in [2.75, 3.05) is 7.11 Å². The van der Waals surface area contributed by atoms with E-state index in [4.69, 9.17) is 4.74 Å². The normalized spacial score (nSPS) is 10.3. The summed E-state index contributed by atoms with van der Waals surface area (Å²) in [5.41, 5.74) is 2.89.